The van der Waals surface area contributed by atoms with E-state index >= 15 is 0 Å². The third kappa shape index (κ3) is 3.05. The predicted octanol–water partition coefficient (Wildman–Crippen LogP) is 4.07. The maximum absolute atomic E-state index is 13.4. The molecule has 0 N–H and O–H groups in total. The topological polar surface area (TPSA) is 40.6 Å². The van der Waals surface area contributed by atoms with Gasteiger partial charge in [0, 0.05) is 13.1 Å². The monoisotopic (exact) mass is 360 g/mol. The van der Waals surface area contributed by atoms with E-state index in [1.54, 1.807) is 0 Å². The van der Waals surface area contributed by atoms with Crippen molar-refractivity contribution in [3.05, 3.63) is 70.9 Å². The van der Waals surface area contributed by atoms with Crippen molar-refractivity contribution in [2.24, 2.45) is 0 Å². The first-order valence-electron chi connectivity index (χ1n) is 9.58. The number of carbonyl (C=O) groups excluding carboxylic acids is 2. The largest absolute Gasteiger partial charge is 0.366 e. The Morgan fingerprint density at radius 1 is 0.815 bits per heavy atom. The fraction of sp³-hybridized carbons (Fsp3) is 0.304. The summed E-state index contributed by atoms with van der Waals surface area (Å²) in [4.78, 5) is 30.3. The quantitative estimate of drug-likeness (QED) is 0.775. The Morgan fingerprint density at radius 3 is 2.19 bits per heavy atom. The van der Waals surface area contributed by atoms with Gasteiger partial charge in [0.1, 0.15) is 5.70 Å². The number of carbonyl (C=O) groups is 2. The molecule has 4 nitrogen and oxygen atoms in total. The zero-order valence-electron chi connectivity index (χ0n) is 15.9. The third-order valence-electron chi connectivity index (χ3n) is 5.39. The van der Waals surface area contributed by atoms with E-state index in [-0.39, 0.29) is 11.8 Å². The summed E-state index contributed by atoms with van der Waals surface area (Å²) in [5.41, 5.74) is 4.62. The molecule has 4 rings (SSSR count). The molecule has 1 fully saturated rings. The highest BCUT2D eigenvalue weighted by Gasteiger charge is 2.43. The van der Waals surface area contributed by atoms with Crippen LogP contribution in [0.15, 0.2) is 54.2 Å². The summed E-state index contributed by atoms with van der Waals surface area (Å²) < 4.78 is 0. The summed E-state index contributed by atoms with van der Waals surface area (Å²) in [6.45, 7) is 5.61. The molecule has 0 saturated carbocycles. The van der Waals surface area contributed by atoms with Crippen LogP contribution in [-0.4, -0.2) is 29.8 Å². The molecule has 0 aromatic heterocycles. The molecule has 2 aliphatic rings. The van der Waals surface area contributed by atoms with Gasteiger partial charge in [0.25, 0.3) is 11.8 Å². The van der Waals surface area contributed by atoms with Gasteiger partial charge in [-0.25, -0.2) is 4.90 Å². The Bertz CT molecular complexity index is 925. The minimum absolute atomic E-state index is 0.201. The minimum Gasteiger partial charge on any atom is -0.366 e. The van der Waals surface area contributed by atoms with Crippen molar-refractivity contribution in [3.63, 3.8) is 0 Å². The van der Waals surface area contributed by atoms with Gasteiger partial charge in [-0.2, -0.15) is 0 Å². The van der Waals surface area contributed by atoms with Crippen LogP contribution in [0.1, 0.15) is 36.0 Å². The van der Waals surface area contributed by atoms with Crippen molar-refractivity contribution in [1.29, 1.82) is 0 Å². The van der Waals surface area contributed by atoms with Crippen molar-refractivity contribution in [2.45, 2.75) is 33.1 Å². The summed E-state index contributed by atoms with van der Waals surface area (Å²) in [5.74, 6) is -0.425. The Kier molecular flexibility index (Phi) is 4.56. The Morgan fingerprint density at radius 2 is 1.52 bits per heavy atom. The fourth-order valence-electron chi connectivity index (χ4n) is 4.07. The molecule has 2 aliphatic heterocycles. The van der Waals surface area contributed by atoms with E-state index in [1.807, 2.05) is 62.4 Å². The van der Waals surface area contributed by atoms with Crippen molar-refractivity contribution in [3.8, 4) is 0 Å². The highest BCUT2D eigenvalue weighted by molar-refractivity contribution is 6.45. The molecule has 0 aliphatic carbocycles. The second-order valence-electron chi connectivity index (χ2n) is 7.37. The van der Waals surface area contributed by atoms with E-state index in [0.717, 1.165) is 42.6 Å². The number of aryl methyl sites for hydroxylation is 2. The molecule has 0 radical (unpaired) electrons. The number of rotatable bonds is 3. The Hall–Kier alpha value is -2.88. The summed E-state index contributed by atoms with van der Waals surface area (Å²) in [6.07, 6.45) is 3.28. The lowest BCUT2D eigenvalue weighted by Gasteiger charge is -2.29. The molecule has 0 bridgehead atoms. The van der Waals surface area contributed by atoms with E-state index < -0.39 is 0 Å². The number of nitrogens with zero attached hydrogens (tertiary/aromatic N) is 2. The van der Waals surface area contributed by atoms with E-state index in [2.05, 4.69) is 4.90 Å². The number of anilines is 1. The fourth-order valence-corrected chi connectivity index (χ4v) is 4.07. The summed E-state index contributed by atoms with van der Waals surface area (Å²) in [7, 11) is 0. The van der Waals surface area contributed by atoms with Gasteiger partial charge in [-0.15, -0.1) is 0 Å². The van der Waals surface area contributed by atoms with Crippen LogP contribution in [0.25, 0.3) is 5.57 Å². The highest BCUT2D eigenvalue weighted by atomic mass is 16.2. The van der Waals surface area contributed by atoms with E-state index in [4.69, 9.17) is 0 Å². The minimum atomic E-state index is -0.223. The maximum Gasteiger partial charge on any atom is 0.282 e. The third-order valence-corrected chi connectivity index (χ3v) is 5.39. The molecule has 0 atom stereocenters. The number of hydrogen-bond acceptors (Lipinski definition) is 3. The molecular formula is C23H24N2O2. The van der Waals surface area contributed by atoms with Gasteiger partial charge >= 0.3 is 0 Å². The first-order valence-corrected chi connectivity index (χ1v) is 9.58. The molecule has 0 unspecified atom stereocenters. The first-order chi connectivity index (χ1) is 13.1. The molecule has 27 heavy (non-hydrogen) atoms. The van der Waals surface area contributed by atoms with Gasteiger partial charge in [0.05, 0.1) is 11.3 Å². The molecule has 2 heterocycles. The lowest BCUT2D eigenvalue weighted by molar-refractivity contribution is -0.120. The van der Waals surface area contributed by atoms with E-state index in [1.165, 1.54) is 11.3 Å². The standard InChI is InChI=1S/C23H24N2O2/c1-16-11-12-19(17(2)15-16)25-22(26)20(18-9-5-3-6-10-18)21(23(25)27)24-13-7-4-8-14-24/h3,5-6,9-12,15H,4,7-8,13-14H2,1-2H3. The van der Waals surface area contributed by atoms with Crippen molar-refractivity contribution < 1.29 is 9.59 Å². The molecule has 4 heteroatoms. The van der Waals surface area contributed by atoms with Crippen LogP contribution in [0.5, 0.6) is 0 Å². The maximum atomic E-state index is 13.4. The van der Waals surface area contributed by atoms with Crippen LogP contribution in [0.2, 0.25) is 0 Å². The van der Waals surface area contributed by atoms with Gasteiger partial charge < -0.3 is 4.90 Å². The number of imide groups is 1. The average molecular weight is 360 g/mol. The molecule has 2 aromatic rings. The van der Waals surface area contributed by atoms with Crippen molar-refractivity contribution in [2.75, 3.05) is 18.0 Å². The second kappa shape index (κ2) is 7.03. The SMILES string of the molecule is Cc1ccc(N2C(=O)C(c3ccccc3)=C(N3CCCCC3)C2=O)c(C)c1. The smallest absolute Gasteiger partial charge is 0.282 e. The molecule has 0 spiro atoms. The van der Waals surface area contributed by atoms with Crippen LogP contribution in [0.3, 0.4) is 0 Å². The molecule has 138 valence electrons. The number of benzene rings is 2. The number of likely N-dealkylation sites (tertiary alicyclic amines) is 1. The van der Waals surface area contributed by atoms with Gasteiger partial charge in [-0.05, 0) is 50.3 Å². The van der Waals surface area contributed by atoms with Crippen molar-refractivity contribution in [1.82, 2.24) is 4.90 Å². The lowest BCUT2D eigenvalue weighted by atomic mass is 10.0. The summed E-state index contributed by atoms with van der Waals surface area (Å²) >= 11 is 0. The molecule has 1 saturated heterocycles. The second-order valence-corrected chi connectivity index (χ2v) is 7.37. The normalized spacial score (nSPS) is 17.9. The number of amides is 2. The molecule has 2 aromatic carbocycles. The average Bonchev–Trinajstić information content (AvgIpc) is 2.94. The Balaban J connectivity index is 1.84. The lowest BCUT2D eigenvalue weighted by Crippen LogP contribution is -2.37. The van der Waals surface area contributed by atoms with Crippen LogP contribution >= 0.6 is 0 Å². The Labute approximate surface area is 160 Å². The zero-order chi connectivity index (χ0) is 19.0. The zero-order valence-corrected chi connectivity index (χ0v) is 15.9. The summed E-state index contributed by atoms with van der Waals surface area (Å²) in [6, 6.07) is 15.4. The van der Waals surface area contributed by atoms with Crippen LogP contribution < -0.4 is 4.90 Å². The van der Waals surface area contributed by atoms with Gasteiger partial charge in [-0.3, -0.25) is 9.59 Å². The van der Waals surface area contributed by atoms with Crippen LogP contribution in [0.4, 0.5) is 5.69 Å². The first kappa shape index (κ1) is 17.5. The van der Waals surface area contributed by atoms with E-state index in [0.29, 0.717) is 17.0 Å². The highest BCUT2D eigenvalue weighted by Crippen LogP contribution is 2.37. The van der Waals surface area contributed by atoms with Gasteiger partial charge in [0.15, 0.2) is 0 Å². The summed E-state index contributed by atoms with van der Waals surface area (Å²) in [5, 5.41) is 0. The predicted molar refractivity (Wildman–Crippen MR) is 107 cm³/mol. The number of hydrogen-bond donors (Lipinski definition) is 0. The van der Waals surface area contributed by atoms with Crippen molar-refractivity contribution >= 4 is 23.1 Å². The van der Waals surface area contributed by atoms with Gasteiger partial charge in [-0.1, -0.05) is 48.0 Å². The number of piperidine rings is 1. The molecular weight excluding hydrogens is 336 g/mol. The van der Waals surface area contributed by atoms with Crippen LogP contribution in [0, 0.1) is 13.8 Å². The molecule has 2 amide bonds. The van der Waals surface area contributed by atoms with Crippen LogP contribution in [-0.2, 0) is 9.59 Å². The van der Waals surface area contributed by atoms with E-state index in [9.17, 15) is 9.59 Å². The van der Waals surface area contributed by atoms with Gasteiger partial charge in [0.2, 0.25) is 0 Å².